The van der Waals surface area contributed by atoms with Crippen LogP contribution in [0.25, 0.3) is 10.9 Å². The van der Waals surface area contributed by atoms with E-state index in [4.69, 9.17) is 14.5 Å². The number of carbonyl (C=O) groups is 1. The lowest BCUT2D eigenvalue weighted by Gasteiger charge is -2.38. The number of pyridine rings is 1. The number of nitrogens with one attached hydrogen (secondary N) is 1. The molecular formula is C33H35N3O3. The summed E-state index contributed by atoms with van der Waals surface area (Å²) < 4.78 is 11.3. The highest BCUT2D eigenvalue weighted by Gasteiger charge is 2.49. The Bertz CT molecular complexity index is 1440. The van der Waals surface area contributed by atoms with Crippen molar-refractivity contribution in [3.05, 3.63) is 102 Å². The van der Waals surface area contributed by atoms with Crippen molar-refractivity contribution in [2.45, 2.75) is 51.4 Å². The molecule has 6 heteroatoms. The monoisotopic (exact) mass is 521 g/mol. The lowest BCUT2D eigenvalue weighted by atomic mass is 9.89. The van der Waals surface area contributed by atoms with Gasteiger partial charge in [-0.2, -0.15) is 0 Å². The minimum absolute atomic E-state index is 0.121. The van der Waals surface area contributed by atoms with Crippen LogP contribution in [0.1, 0.15) is 36.0 Å². The number of carbonyl (C=O) groups excluding carboxylic acids is 1. The molecule has 6 rings (SSSR count). The lowest BCUT2D eigenvalue weighted by molar-refractivity contribution is 0.0624. The molecule has 2 bridgehead atoms. The first kappa shape index (κ1) is 25.2. The van der Waals surface area contributed by atoms with Gasteiger partial charge >= 0.3 is 6.09 Å². The number of anilines is 1. The topological polar surface area (TPSA) is 63.7 Å². The smallest absolute Gasteiger partial charge is 0.410 e. The Morgan fingerprint density at radius 3 is 2.41 bits per heavy atom. The molecule has 3 aromatic carbocycles. The van der Waals surface area contributed by atoms with Crippen LogP contribution in [0.5, 0.6) is 5.75 Å². The number of nitrogens with zero attached hydrogens (tertiary/aromatic N) is 2. The number of aryl methyl sites for hydroxylation is 1. The number of amides is 1. The number of hydrogen-bond acceptors (Lipinski definition) is 5. The van der Waals surface area contributed by atoms with E-state index in [0.29, 0.717) is 18.4 Å². The fourth-order valence-electron chi connectivity index (χ4n) is 6.50. The van der Waals surface area contributed by atoms with Crippen LogP contribution in [-0.2, 0) is 17.9 Å². The number of aromatic nitrogens is 1. The minimum atomic E-state index is -0.243. The van der Waals surface area contributed by atoms with Gasteiger partial charge in [-0.05, 0) is 79.0 Å². The van der Waals surface area contributed by atoms with Gasteiger partial charge in [0.05, 0.1) is 12.6 Å². The Morgan fingerprint density at radius 2 is 1.69 bits per heavy atom. The Balaban J connectivity index is 1.21. The predicted molar refractivity (Wildman–Crippen MR) is 154 cm³/mol. The Labute approximate surface area is 230 Å². The third-order valence-corrected chi connectivity index (χ3v) is 8.37. The van der Waals surface area contributed by atoms with Crippen molar-refractivity contribution in [2.24, 2.45) is 11.8 Å². The van der Waals surface area contributed by atoms with E-state index in [0.717, 1.165) is 58.4 Å². The van der Waals surface area contributed by atoms with E-state index in [1.807, 2.05) is 71.6 Å². The second-order valence-corrected chi connectivity index (χ2v) is 10.9. The Morgan fingerprint density at radius 1 is 0.949 bits per heavy atom. The fraction of sp³-hybridized carbons (Fsp3) is 0.333. The largest absolute Gasteiger partial charge is 0.497 e. The summed E-state index contributed by atoms with van der Waals surface area (Å²) >= 11 is 0. The zero-order valence-corrected chi connectivity index (χ0v) is 22.5. The number of methoxy groups -OCH3 is 1. The standard InChI is InChI=1S/C33H35N3O3/c1-22-15-32(34-29-14-13-26(38-2)19-27(22)29)35-30-17-25-16-28(30)31(18-25)36(20-23-9-5-3-6-10-23)33(37)39-21-24-11-7-4-8-12-24/h3-15,19,25,28,30-31H,16-18,20-21H2,1-2H3,(H,34,35)/t25-,28+,30-,31-/m0/s1. The maximum atomic E-state index is 13.6. The van der Waals surface area contributed by atoms with Crippen LogP contribution in [-0.4, -0.2) is 35.2 Å². The molecule has 0 radical (unpaired) electrons. The van der Waals surface area contributed by atoms with Crippen molar-refractivity contribution in [1.82, 2.24) is 9.88 Å². The number of rotatable bonds is 8. The molecule has 1 amide bonds. The van der Waals surface area contributed by atoms with Gasteiger partial charge in [-0.3, -0.25) is 0 Å². The van der Waals surface area contributed by atoms with Gasteiger partial charge in [-0.15, -0.1) is 0 Å². The average Bonchev–Trinajstić information content (AvgIpc) is 3.56. The minimum Gasteiger partial charge on any atom is -0.497 e. The van der Waals surface area contributed by atoms with Crippen molar-refractivity contribution in [1.29, 1.82) is 0 Å². The molecule has 1 heterocycles. The summed E-state index contributed by atoms with van der Waals surface area (Å²) in [6.07, 6.45) is 2.98. The van der Waals surface area contributed by atoms with Crippen molar-refractivity contribution in [2.75, 3.05) is 12.4 Å². The molecule has 6 nitrogen and oxygen atoms in total. The van der Waals surface area contributed by atoms with Crippen LogP contribution in [0.4, 0.5) is 10.6 Å². The summed E-state index contributed by atoms with van der Waals surface area (Å²) in [5.41, 5.74) is 4.22. The Kier molecular flexibility index (Phi) is 7.10. The van der Waals surface area contributed by atoms with Crippen LogP contribution in [0.15, 0.2) is 84.9 Å². The highest BCUT2D eigenvalue weighted by molar-refractivity contribution is 5.85. The number of benzene rings is 3. The third kappa shape index (κ3) is 5.42. The van der Waals surface area contributed by atoms with E-state index in [2.05, 4.69) is 30.4 Å². The SMILES string of the molecule is COc1ccc2nc(N[C@H]3C[C@@H]4C[C@H]3[C@@H](N(Cc3ccccc3)C(=O)OCc3ccccc3)C4)cc(C)c2c1. The number of ether oxygens (including phenoxy) is 2. The molecule has 1 N–H and O–H groups in total. The average molecular weight is 522 g/mol. The lowest BCUT2D eigenvalue weighted by Crippen LogP contribution is -2.48. The zero-order chi connectivity index (χ0) is 26.8. The van der Waals surface area contributed by atoms with E-state index in [1.54, 1.807) is 7.11 Å². The van der Waals surface area contributed by atoms with Crippen LogP contribution in [0.3, 0.4) is 0 Å². The van der Waals surface area contributed by atoms with Crippen LogP contribution >= 0.6 is 0 Å². The van der Waals surface area contributed by atoms with Crippen LogP contribution < -0.4 is 10.1 Å². The molecule has 200 valence electrons. The van der Waals surface area contributed by atoms with E-state index >= 15 is 0 Å². The molecule has 0 aliphatic heterocycles. The second kappa shape index (κ2) is 11.0. The van der Waals surface area contributed by atoms with Gasteiger partial charge in [0.15, 0.2) is 0 Å². The first-order chi connectivity index (χ1) is 19.1. The summed E-state index contributed by atoms with van der Waals surface area (Å²) in [5, 5.41) is 4.86. The van der Waals surface area contributed by atoms with E-state index in [9.17, 15) is 4.79 Å². The first-order valence-corrected chi connectivity index (χ1v) is 13.8. The first-order valence-electron chi connectivity index (χ1n) is 13.8. The highest BCUT2D eigenvalue weighted by atomic mass is 16.6. The summed E-state index contributed by atoms with van der Waals surface area (Å²) in [6.45, 7) is 2.94. The van der Waals surface area contributed by atoms with E-state index < -0.39 is 0 Å². The molecule has 1 aromatic heterocycles. The molecule has 2 aliphatic rings. The molecule has 0 spiro atoms. The van der Waals surface area contributed by atoms with Gasteiger partial charge in [0.2, 0.25) is 0 Å². The summed E-state index contributed by atoms with van der Waals surface area (Å²) in [7, 11) is 1.68. The number of hydrogen-bond donors (Lipinski definition) is 1. The van der Waals surface area contributed by atoms with Crippen molar-refractivity contribution < 1.29 is 14.3 Å². The quantitative estimate of drug-likeness (QED) is 0.271. The molecule has 0 unspecified atom stereocenters. The van der Waals surface area contributed by atoms with Gasteiger partial charge in [-0.1, -0.05) is 60.7 Å². The van der Waals surface area contributed by atoms with Gasteiger partial charge < -0.3 is 19.7 Å². The molecular weight excluding hydrogens is 486 g/mol. The molecule has 2 saturated carbocycles. The van der Waals surface area contributed by atoms with Crippen LogP contribution in [0.2, 0.25) is 0 Å². The summed E-state index contributed by atoms with van der Waals surface area (Å²) in [5.74, 6) is 2.66. The van der Waals surface area contributed by atoms with Crippen molar-refractivity contribution in [3.8, 4) is 5.75 Å². The van der Waals surface area contributed by atoms with Gasteiger partial charge in [0.25, 0.3) is 0 Å². The molecule has 2 aliphatic carbocycles. The van der Waals surface area contributed by atoms with Gasteiger partial charge in [-0.25, -0.2) is 9.78 Å². The van der Waals surface area contributed by atoms with Gasteiger partial charge in [0, 0.05) is 24.0 Å². The zero-order valence-electron chi connectivity index (χ0n) is 22.5. The normalized spacial score (nSPS) is 21.6. The second-order valence-electron chi connectivity index (χ2n) is 10.9. The summed E-state index contributed by atoms with van der Waals surface area (Å²) in [6, 6.07) is 28.6. The van der Waals surface area contributed by atoms with Crippen molar-refractivity contribution >= 4 is 22.8 Å². The summed E-state index contributed by atoms with van der Waals surface area (Å²) in [4.78, 5) is 20.5. The highest BCUT2D eigenvalue weighted by Crippen LogP contribution is 2.48. The van der Waals surface area contributed by atoms with Crippen molar-refractivity contribution in [3.63, 3.8) is 0 Å². The molecule has 39 heavy (non-hydrogen) atoms. The maximum Gasteiger partial charge on any atom is 0.410 e. The van der Waals surface area contributed by atoms with Crippen LogP contribution in [0, 0.1) is 18.8 Å². The Hall–Kier alpha value is -4.06. The fourth-order valence-corrected chi connectivity index (χ4v) is 6.50. The van der Waals surface area contributed by atoms with Gasteiger partial charge in [0.1, 0.15) is 18.2 Å². The third-order valence-electron chi connectivity index (χ3n) is 8.37. The number of fused-ring (bicyclic) bond motifs is 3. The maximum absolute atomic E-state index is 13.6. The van der Waals surface area contributed by atoms with E-state index in [1.165, 1.54) is 0 Å². The molecule has 2 fully saturated rings. The molecule has 4 aromatic rings. The predicted octanol–water partition coefficient (Wildman–Crippen LogP) is 6.97. The molecule has 0 saturated heterocycles. The molecule has 4 atom stereocenters. The van der Waals surface area contributed by atoms with E-state index in [-0.39, 0.29) is 24.8 Å².